The van der Waals surface area contributed by atoms with Crippen LogP contribution in [0.1, 0.15) is 47.9 Å². The molecule has 150 valence electrons. The highest BCUT2D eigenvalue weighted by molar-refractivity contribution is 5.90. The average molecular weight is 390 g/mol. The molecule has 0 unspecified atom stereocenters. The van der Waals surface area contributed by atoms with E-state index in [1.807, 2.05) is 62.1 Å². The maximum absolute atomic E-state index is 13.0. The maximum Gasteiger partial charge on any atom is 0.322 e. The van der Waals surface area contributed by atoms with E-state index in [4.69, 9.17) is 4.52 Å². The molecule has 2 heterocycles. The minimum Gasteiger partial charge on any atom is -0.337 e. The summed E-state index contributed by atoms with van der Waals surface area (Å²) in [5.74, 6) is 1.06. The molecule has 1 aliphatic heterocycles. The Balaban J connectivity index is 1.55. The van der Waals surface area contributed by atoms with Gasteiger partial charge >= 0.3 is 6.03 Å². The molecule has 1 N–H and O–H groups in total. The Labute approximate surface area is 170 Å². The van der Waals surface area contributed by atoms with Crippen molar-refractivity contribution in [3.05, 3.63) is 65.0 Å². The molecule has 6 nitrogen and oxygen atoms in total. The summed E-state index contributed by atoms with van der Waals surface area (Å²) in [7, 11) is 0. The monoisotopic (exact) mass is 390 g/mol. The first-order chi connectivity index (χ1) is 14.0. The van der Waals surface area contributed by atoms with Gasteiger partial charge in [-0.2, -0.15) is 4.98 Å². The third-order valence-electron chi connectivity index (χ3n) is 5.39. The van der Waals surface area contributed by atoms with Crippen LogP contribution in [0.25, 0.3) is 11.4 Å². The number of rotatable bonds is 3. The van der Waals surface area contributed by atoms with Crippen LogP contribution >= 0.6 is 0 Å². The molecular weight excluding hydrogens is 364 g/mol. The number of nitrogens with zero attached hydrogens (tertiary/aromatic N) is 3. The summed E-state index contributed by atoms with van der Waals surface area (Å²) >= 11 is 0. The fourth-order valence-corrected chi connectivity index (χ4v) is 3.84. The van der Waals surface area contributed by atoms with Crippen LogP contribution in [-0.2, 0) is 0 Å². The predicted octanol–water partition coefficient (Wildman–Crippen LogP) is 5.42. The first kappa shape index (κ1) is 19.2. The summed E-state index contributed by atoms with van der Waals surface area (Å²) in [4.78, 5) is 19.5. The van der Waals surface area contributed by atoms with Crippen molar-refractivity contribution >= 4 is 11.7 Å². The molecule has 4 rings (SSSR count). The normalized spacial score (nSPS) is 16.7. The van der Waals surface area contributed by atoms with E-state index < -0.39 is 0 Å². The van der Waals surface area contributed by atoms with Crippen molar-refractivity contribution in [2.24, 2.45) is 0 Å². The molecule has 1 aromatic heterocycles. The van der Waals surface area contributed by atoms with Gasteiger partial charge in [0.25, 0.3) is 0 Å². The van der Waals surface area contributed by atoms with Gasteiger partial charge < -0.3 is 14.7 Å². The molecule has 1 saturated heterocycles. The fourth-order valence-electron chi connectivity index (χ4n) is 3.84. The number of aromatic nitrogens is 2. The first-order valence-electron chi connectivity index (χ1n) is 10.1. The number of aryl methyl sites for hydroxylation is 3. The van der Waals surface area contributed by atoms with Crippen LogP contribution in [0.5, 0.6) is 0 Å². The molecule has 1 aliphatic rings. The van der Waals surface area contributed by atoms with Crippen molar-refractivity contribution in [2.45, 2.75) is 46.1 Å². The second kappa shape index (κ2) is 8.07. The van der Waals surface area contributed by atoms with Crippen molar-refractivity contribution in [1.29, 1.82) is 0 Å². The molecule has 0 bridgehead atoms. The Kier molecular flexibility index (Phi) is 5.34. The van der Waals surface area contributed by atoms with Gasteiger partial charge in [0.2, 0.25) is 11.7 Å². The van der Waals surface area contributed by atoms with Crippen molar-refractivity contribution < 1.29 is 9.32 Å². The van der Waals surface area contributed by atoms with E-state index in [-0.39, 0.29) is 12.1 Å². The third-order valence-corrected chi connectivity index (χ3v) is 5.39. The summed E-state index contributed by atoms with van der Waals surface area (Å²) in [6.45, 7) is 6.75. The lowest BCUT2D eigenvalue weighted by molar-refractivity contribution is 0.142. The Morgan fingerprint density at radius 1 is 1.10 bits per heavy atom. The number of anilines is 1. The largest absolute Gasteiger partial charge is 0.337 e. The minimum absolute atomic E-state index is 0.128. The summed E-state index contributed by atoms with van der Waals surface area (Å²) in [5.41, 5.74) is 5.11. The second-order valence-corrected chi connectivity index (χ2v) is 7.78. The van der Waals surface area contributed by atoms with Crippen LogP contribution in [0.2, 0.25) is 0 Å². The summed E-state index contributed by atoms with van der Waals surface area (Å²) in [5, 5.41) is 7.21. The molecule has 3 aromatic rings. The SMILES string of the molecule is Cc1cccc(-c2noc([C@@H]3CCCCN3C(=O)Nc3ccc(C)cc3C)n2)c1. The van der Waals surface area contributed by atoms with Gasteiger partial charge in [-0.15, -0.1) is 0 Å². The lowest BCUT2D eigenvalue weighted by Gasteiger charge is -2.33. The van der Waals surface area contributed by atoms with Gasteiger partial charge in [0.05, 0.1) is 0 Å². The van der Waals surface area contributed by atoms with Gasteiger partial charge in [-0.1, -0.05) is 46.6 Å². The molecule has 2 amide bonds. The zero-order chi connectivity index (χ0) is 20.4. The number of carbonyl (C=O) groups is 1. The quantitative estimate of drug-likeness (QED) is 0.648. The van der Waals surface area contributed by atoms with Crippen LogP contribution in [0, 0.1) is 20.8 Å². The van der Waals surface area contributed by atoms with E-state index in [2.05, 4.69) is 21.5 Å². The molecule has 0 spiro atoms. The number of piperidine rings is 1. The van der Waals surface area contributed by atoms with Crippen LogP contribution in [-0.4, -0.2) is 27.6 Å². The molecule has 1 fully saturated rings. The van der Waals surface area contributed by atoms with E-state index in [0.717, 1.165) is 41.6 Å². The van der Waals surface area contributed by atoms with Gasteiger partial charge in [0, 0.05) is 17.8 Å². The number of nitrogens with one attached hydrogen (secondary N) is 1. The Bertz CT molecular complexity index is 1030. The molecule has 0 radical (unpaired) electrons. The zero-order valence-corrected chi connectivity index (χ0v) is 17.1. The molecule has 6 heteroatoms. The molecule has 1 atom stereocenters. The van der Waals surface area contributed by atoms with Crippen LogP contribution in [0.4, 0.5) is 10.5 Å². The van der Waals surface area contributed by atoms with Crippen molar-refractivity contribution in [3.63, 3.8) is 0 Å². The van der Waals surface area contributed by atoms with Crippen LogP contribution in [0.3, 0.4) is 0 Å². The number of benzene rings is 2. The molecule has 0 saturated carbocycles. The van der Waals surface area contributed by atoms with Gasteiger partial charge in [-0.3, -0.25) is 0 Å². The van der Waals surface area contributed by atoms with Gasteiger partial charge in [0.15, 0.2) is 0 Å². The zero-order valence-electron chi connectivity index (χ0n) is 17.1. The maximum atomic E-state index is 13.0. The lowest BCUT2D eigenvalue weighted by Crippen LogP contribution is -2.41. The Morgan fingerprint density at radius 3 is 2.72 bits per heavy atom. The molecule has 29 heavy (non-hydrogen) atoms. The van der Waals surface area contributed by atoms with Crippen molar-refractivity contribution in [1.82, 2.24) is 15.0 Å². The standard InChI is InChI=1S/C23H26N4O2/c1-15-7-6-8-18(14-15)21-25-22(29-26-21)20-9-4-5-12-27(20)23(28)24-19-11-10-16(2)13-17(19)3/h6-8,10-11,13-14,20H,4-5,9,12H2,1-3H3,(H,24,28)/t20-/m0/s1. The fraction of sp³-hybridized carbons (Fsp3) is 0.348. The highest BCUT2D eigenvalue weighted by Gasteiger charge is 2.32. The van der Waals surface area contributed by atoms with Gasteiger partial charge in [-0.05, 0) is 57.7 Å². The lowest BCUT2D eigenvalue weighted by atomic mass is 10.0. The Morgan fingerprint density at radius 2 is 1.93 bits per heavy atom. The molecule has 2 aromatic carbocycles. The number of urea groups is 1. The number of hydrogen-bond donors (Lipinski definition) is 1. The van der Waals surface area contributed by atoms with Crippen LogP contribution < -0.4 is 5.32 Å². The predicted molar refractivity (Wildman–Crippen MR) is 113 cm³/mol. The highest BCUT2D eigenvalue weighted by atomic mass is 16.5. The van der Waals surface area contributed by atoms with Crippen LogP contribution in [0.15, 0.2) is 47.0 Å². The van der Waals surface area contributed by atoms with Crippen molar-refractivity contribution in [2.75, 3.05) is 11.9 Å². The number of hydrogen-bond acceptors (Lipinski definition) is 4. The number of likely N-dealkylation sites (tertiary alicyclic amines) is 1. The average Bonchev–Trinajstić information content (AvgIpc) is 3.20. The molecule has 0 aliphatic carbocycles. The number of amides is 2. The first-order valence-corrected chi connectivity index (χ1v) is 10.1. The van der Waals surface area contributed by atoms with E-state index in [1.54, 1.807) is 0 Å². The van der Waals surface area contributed by atoms with E-state index in [1.165, 1.54) is 5.56 Å². The number of carbonyl (C=O) groups excluding carboxylic acids is 1. The van der Waals surface area contributed by atoms with Crippen molar-refractivity contribution in [3.8, 4) is 11.4 Å². The third kappa shape index (κ3) is 4.16. The topological polar surface area (TPSA) is 71.3 Å². The highest BCUT2D eigenvalue weighted by Crippen LogP contribution is 2.32. The second-order valence-electron chi connectivity index (χ2n) is 7.78. The summed E-state index contributed by atoms with van der Waals surface area (Å²) in [6.07, 6.45) is 2.81. The Hall–Kier alpha value is -3.15. The van der Waals surface area contributed by atoms with E-state index in [9.17, 15) is 4.79 Å². The molecular formula is C23H26N4O2. The minimum atomic E-state index is -0.208. The smallest absolute Gasteiger partial charge is 0.322 e. The summed E-state index contributed by atoms with van der Waals surface area (Å²) < 4.78 is 5.59. The van der Waals surface area contributed by atoms with Gasteiger partial charge in [-0.25, -0.2) is 4.79 Å². The van der Waals surface area contributed by atoms with Gasteiger partial charge in [0.1, 0.15) is 6.04 Å². The van der Waals surface area contributed by atoms with E-state index in [0.29, 0.717) is 18.3 Å². The summed E-state index contributed by atoms with van der Waals surface area (Å²) in [6, 6.07) is 13.7. The van der Waals surface area contributed by atoms with E-state index >= 15 is 0 Å².